The lowest BCUT2D eigenvalue weighted by atomic mass is 10.0. The summed E-state index contributed by atoms with van der Waals surface area (Å²) in [5.74, 6) is 0. The standard InChI is InChI=1S/C12H17ClN2O2/c1-8-3-4-15-12(13)10(8)11(16-2)9-7-14-5-6-17-9/h3-4,9,11,14H,5-7H2,1-2H3/t9-,11?/m0/s1. The van der Waals surface area contributed by atoms with E-state index in [0.29, 0.717) is 11.8 Å². The van der Waals surface area contributed by atoms with Gasteiger partial charge in [0, 0.05) is 32.0 Å². The van der Waals surface area contributed by atoms with Gasteiger partial charge >= 0.3 is 0 Å². The molecular formula is C12H17ClN2O2. The van der Waals surface area contributed by atoms with E-state index in [1.165, 1.54) is 0 Å². The number of aromatic nitrogens is 1. The van der Waals surface area contributed by atoms with E-state index < -0.39 is 0 Å². The van der Waals surface area contributed by atoms with Crippen LogP contribution in [0.3, 0.4) is 0 Å². The van der Waals surface area contributed by atoms with Crippen LogP contribution in [-0.4, -0.2) is 37.9 Å². The average Bonchev–Trinajstić information content (AvgIpc) is 2.35. The number of hydrogen-bond acceptors (Lipinski definition) is 4. The molecule has 1 aliphatic rings. The molecule has 1 unspecified atom stereocenters. The van der Waals surface area contributed by atoms with Crippen molar-refractivity contribution in [3.63, 3.8) is 0 Å². The molecule has 4 nitrogen and oxygen atoms in total. The van der Waals surface area contributed by atoms with Gasteiger partial charge in [-0.25, -0.2) is 4.98 Å². The number of morpholine rings is 1. The predicted octanol–water partition coefficient (Wildman–Crippen LogP) is 1.72. The van der Waals surface area contributed by atoms with E-state index in [1.54, 1.807) is 13.3 Å². The number of aryl methyl sites for hydroxylation is 1. The van der Waals surface area contributed by atoms with Crippen molar-refractivity contribution in [2.24, 2.45) is 0 Å². The van der Waals surface area contributed by atoms with Crippen LogP contribution < -0.4 is 5.32 Å². The van der Waals surface area contributed by atoms with Crippen molar-refractivity contribution in [2.45, 2.75) is 19.1 Å². The van der Waals surface area contributed by atoms with Crippen molar-refractivity contribution >= 4 is 11.6 Å². The molecule has 1 N–H and O–H groups in total. The molecule has 1 fully saturated rings. The summed E-state index contributed by atoms with van der Waals surface area (Å²) < 4.78 is 11.3. The van der Waals surface area contributed by atoms with Gasteiger partial charge in [-0.15, -0.1) is 0 Å². The maximum absolute atomic E-state index is 6.16. The minimum atomic E-state index is -0.177. The van der Waals surface area contributed by atoms with Crippen molar-refractivity contribution < 1.29 is 9.47 Å². The van der Waals surface area contributed by atoms with Gasteiger partial charge in [0.05, 0.1) is 6.61 Å². The second-order valence-electron chi connectivity index (χ2n) is 4.10. The highest BCUT2D eigenvalue weighted by atomic mass is 35.5. The zero-order chi connectivity index (χ0) is 12.3. The first-order valence-electron chi connectivity index (χ1n) is 5.70. The van der Waals surface area contributed by atoms with E-state index in [9.17, 15) is 0 Å². The van der Waals surface area contributed by atoms with Gasteiger partial charge in [0.2, 0.25) is 0 Å². The highest BCUT2D eigenvalue weighted by Gasteiger charge is 2.29. The van der Waals surface area contributed by atoms with Gasteiger partial charge in [-0.3, -0.25) is 0 Å². The van der Waals surface area contributed by atoms with Crippen LogP contribution in [0.25, 0.3) is 0 Å². The summed E-state index contributed by atoms with van der Waals surface area (Å²) in [6.45, 7) is 4.35. The molecule has 0 saturated carbocycles. The lowest BCUT2D eigenvalue weighted by molar-refractivity contribution is -0.0711. The Kier molecular flexibility index (Phi) is 4.34. The molecule has 0 bridgehead atoms. The Hall–Kier alpha value is -0.680. The molecule has 0 radical (unpaired) electrons. The van der Waals surface area contributed by atoms with Gasteiger partial charge in [0.1, 0.15) is 17.4 Å². The van der Waals surface area contributed by atoms with Crippen LogP contribution in [0.1, 0.15) is 17.2 Å². The zero-order valence-corrected chi connectivity index (χ0v) is 10.8. The fourth-order valence-corrected chi connectivity index (χ4v) is 2.43. The van der Waals surface area contributed by atoms with Gasteiger partial charge in [-0.2, -0.15) is 0 Å². The Labute approximate surface area is 106 Å². The number of nitrogens with zero attached hydrogens (tertiary/aromatic N) is 1. The lowest BCUT2D eigenvalue weighted by Crippen LogP contribution is -2.42. The highest BCUT2D eigenvalue weighted by molar-refractivity contribution is 6.30. The molecule has 1 aromatic heterocycles. The van der Waals surface area contributed by atoms with E-state index in [0.717, 1.165) is 24.2 Å². The van der Waals surface area contributed by atoms with E-state index >= 15 is 0 Å². The Bertz CT molecular complexity index is 361. The molecule has 2 heterocycles. The SMILES string of the molecule is COC(c1c(C)ccnc1Cl)[C@@H]1CNCCO1. The third-order valence-electron chi connectivity index (χ3n) is 2.99. The summed E-state index contributed by atoms with van der Waals surface area (Å²) in [6, 6.07) is 1.93. The minimum absolute atomic E-state index is 0.0193. The lowest BCUT2D eigenvalue weighted by Gasteiger charge is -2.31. The molecule has 1 aliphatic heterocycles. The van der Waals surface area contributed by atoms with Crippen LogP contribution in [0.5, 0.6) is 0 Å². The van der Waals surface area contributed by atoms with Crippen LogP contribution in [-0.2, 0) is 9.47 Å². The van der Waals surface area contributed by atoms with Gasteiger partial charge in [-0.05, 0) is 18.6 Å². The smallest absolute Gasteiger partial charge is 0.135 e. The summed E-state index contributed by atoms with van der Waals surface area (Å²) in [5, 5.41) is 3.78. The summed E-state index contributed by atoms with van der Waals surface area (Å²) in [7, 11) is 1.67. The molecular weight excluding hydrogens is 240 g/mol. The molecule has 0 aliphatic carbocycles. The molecule has 0 amide bonds. The van der Waals surface area contributed by atoms with E-state index in [-0.39, 0.29) is 12.2 Å². The summed E-state index contributed by atoms with van der Waals surface area (Å²) in [4.78, 5) is 4.11. The molecule has 2 rings (SSSR count). The monoisotopic (exact) mass is 256 g/mol. The highest BCUT2D eigenvalue weighted by Crippen LogP contribution is 2.30. The number of nitrogens with one attached hydrogen (secondary N) is 1. The van der Waals surface area contributed by atoms with Crippen LogP contribution in [0, 0.1) is 6.92 Å². The quantitative estimate of drug-likeness (QED) is 0.837. The van der Waals surface area contributed by atoms with Crippen LogP contribution in [0.15, 0.2) is 12.3 Å². The molecule has 5 heteroatoms. The number of rotatable bonds is 3. The molecule has 1 aromatic rings. The van der Waals surface area contributed by atoms with Gasteiger partial charge in [0.25, 0.3) is 0 Å². The van der Waals surface area contributed by atoms with Crippen LogP contribution in [0.4, 0.5) is 0 Å². The Balaban J connectivity index is 2.27. The van der Waals surface area contributed by atoms with Crippen LogP contribution >= 0.6 is 11.6 Å². The topological polar surface area (TPSA) is 43.4 Å². The second-order valence-corrected chi connectivity index (χ2v) is 4.46. The molecule has 94 valence electrons. The molecule has 0 spiro atoms. The largest absolute Gasteiger partial charge is 0.374 e. The third kappa shape index (κ3) is 2.77. The third-order valence-corrected chi connectivity index (χ3v) is 3.29. The fraction of sp³-hybridized carbons (Fsp3) is 0.583. The predicted molar refractivity (Wildman–Crippen MR) is 66.3 cm³/mol. The zero-order valence-electron chi connectivity index (χ0n) is 10.1. The van der Waals surface area contributed by atoms with Crippen molar-refractivity contribution in [3.8, 4) is 0 Å². The van der Waals surface area contributed by atoms with Gasteiger partial charge in [0.15, 0.2) is 0 Å². The molecule has 2 atom stereocenters. The van der Waals surface area contributed by atoms with E-state index in [2.05, 4.69) is 10.3 Å². The second kappa shape index (κ2) is 5.78. The first-order valence-corrected chi connectivity index (χ1v) is 6.08. The number of ether oxygens (including phenoxy) is 2. The first kappa shape index (κ1) is 12.8. The average molecular weight is 257 g/mol. The summed E-state index contributed by atoms with van der Waals surface area (Å²) in [6.07, 6.45) is 1.51. The Morgan fingerprint density at radius 2 is 2.47 bits per heavy atom. The summed E-state index contributed by atoms with van der Waals surface area (Å²) >= 11 is 6.16. The molecule has 17 heavy (non-hydrogen) atoms. The first-order chi connectivity index (χ1) is 8.24. The van der Waals surface area contributed by atoms with E-state index in [1.807, 2.05) is 13.0 Å². The molecule has 0 aromatic carbocycles. The van der Waals surface area contributed by atoms with Crippen LogP contribution in [0.2, 0.25) is 5.15 Å². The van der Waals surface area contributed by atoms with E-state index in [4.69, 9.17) is 21.1 Å². The van der Waals surface area contributed by atoms with Gasteiger partial charge in [-0.1, -0.05) is 11.6 Å². The number of pyridine rings is 1. The number of methoxy groups -OCH3 is 1. The number of hydrogen-bond donors (Lipinski definition) is 1. The Morgan fingerprint density at radius 3 is 3.06 bits per heavy atom. The minimum Gasteiger partial charge on any atom is -0.374 e. The van der Waals surface area contributed by atoms with Crippen molar-refractivity contribution in [1.82, 2.24) is 10.3 Å². The van der Waals surface area contributed by atoms with Crippen molar-refractivity contribution in [3.05, 3.63) is 28.5 Å². The maximum Gasteiger partial charge on any atom is 0.135 e. The summed E-state index contributed by atoms with van der Waals surface area (Å²) in [5.41, 5.74) is 2.00. The maximum atomic E-state index is 6.16. The van der Waals surface area contributed by atoms with Gasteiger partial charge < -0.3 is 14.8 Å². The fourth-order valence-electron chi connectivity index (χ4n) is 2.11. The Morgan fingerprint density at radius 1 is 1.65 bits per heavy atom. The number of halogens is 1. The van der Waals surface area contributed by atoms with Crippen molar-refractivity contribution in [2.75, 3.05) is 26.8 Å². The molecule has 1 saturated heterocycles. The van der Waals surface area contributed by atoms with Crippen molar-refractivity contribution in [1.29, 1.82) is 0 Å². The normalized spacial score (nSPS) is 22.4.